The molecular weight excluding hydrogens is 412 g/mol. The Kier molecular flexibility index (Phi) is 24.7. The predicted octanol–water partition coefficient (Wildman–Crippen LogP) is 9.08. The van der Waals surface area contributed by atoms with Crippen LogP contribution in [0.5, 0.6) is 0 Å². The van der Waals surface area contributed by atoms with Crippen LogP contribution >= 0.6 is 0 Å². The monoisotopic (exact) mass is 468 g/mol. The Morgan fingerprint density at radius 2 is 0.848 bits per heavy atom. The van der Waals surface area contributed by atoms with Crippen LogP contribution in [0.3, 0.4) is 0 Å². The van der Waals surface area contributed by atoms with Crippen molar-refractivity contribution in [3.8, 4) is 0 Å². The van der Waals surface area contributed by atoms with E-state index >= 15 is 0 Å². The van der Waals surface area contributed by atoms with Crippen LogP contribution in [0.25, 0.3) is 0 Å². The smallest absolute Gasteiger partial charge is 0.306 e. The van der Waals surface area contributed by atoms with E-state index in [0.717, 1.165) is 25.7 Å². The van der Waals surface area contributed by atoms with Gasteiger partial charge in [0, 0.05) is 12.8 Å². The third-order valence-corrected chi connectivity index (χ3v) is 6.28. The molecule has 196 valence electrons. The van der Waals surface area contributed by atoms with Gasteiger partial charge in [-0.15, -0.1) is 0 Å². The van der Waals surface area contributed by atoms with Gasteiger partial charge < -0.3 is 9.47 Å². The van der Waals surface area contributed by atoms with Crippen molar-refractivity contribution in [2.24, 2.45) is 0 Å². The summed E-state index contributed by atoms with van der Waals surface area (Å²) in [7, 11) is 0. The molecule has 0 rings (SSSR count). The SMILES string of the molecule is CCCCCCCCCCCCCCC(=O)OC[C@H](C)OC(=O)CCCCCCCCCC. The van der Waals surface area contributed by atoms with Crippen LogP contribution in [0.1, 0.15) is 162 Å². The number of carbonyl (C=O) groups excluding carboxylic acids is 2. The zero-order valence-corrected chi connectivity index (χ0v) is 22.5. The Labute approximate surface area is 206 Å². The van der Waals surface area contributed by atoms with E-state index in [0.29, 0.717) is 12.8 Å². The molecular formula is C29H56O4. The van der Waals surface area contributed by atoms with Gasteiger partial charge in [0.25, 0.3) is 0 Å². The van der Waals surface area contributed by atoms with Crippen LogP contribution in [-0.4, -0.2) is 24.6 Å². The fourth-order valence-corrected chi connectivity index (χ4v) is 4.11. The number of unbranched alkanes of at least 4 members (excludes halogenated alkanes) is 18. The lowest BCUT2D eigenvalue weighted by atomic mass is 10.0. The number of esters is 2. The van der Waals surface area contributed by atoms with Gasteiger partial charge in [-0.1, -0.05) is 129 Å². The minimum atomic E-state index is -0.363. The summed E-state index contributed by atoms with van der Waals surface area (Å²) in [5.74, 6) is -0.349. The average Bonchev–Trinajstić information content (AvgIpc) is 2.80. The summed E-state index contributed by atoms with van der Waals surface area (Å²) in [4.78, 5) is 23.8. The van der Waals surface area contributed by atoms with Gasteiger partial charge in [-0.2, -0.15) is 0 Å². The third kappa shape index (κ3) is 25.4. The molecule has 4 nitrogen and oxygen atoms in total. The lowest BCUT2D eigenvalue weighted by Gasteiger charge is -2.13. The molecule has 0 amide bonds. The quantitative estimate of drug-likeness (QED) is 0.0990. The Balaban J connectivity index is 3.43. The number of ether oxygens (including phenoxy) is 2. The highest BCUT2D eigenvalue weighted by Crippen LogP contribution is 2.13. The second-order valence-corrected chi connectivity index (χ2v) is 9.85. The molecule has 4 heteroatoms. The van der Waals surface area contributed by atoms with Gasteiger partial charge in [0.15, 0.2) is 0 Å². The molecule has 0 saturated carbocycles. The summed E-state index contributed by atoms with van der Waals surface area (Å²) in [6.07, 6.45) is 25.6. The summed E-state index contributed by atoms with van der Waals surface area (Å²) < 4.78 is 10.6. The van der Waals surface area contributed by atoms with Gasteiger partial charge in [-0.3, -0.25) is 9.59 Å². The summed E-state index contributed by atoms with van der Waals surface area (Å²) in [5, 5.41) is 0. The zero-order valence-electron chi connectivity index (χ0n) is 22.5. The largest absolute Gasteiger partial charge is 0.462 e. The van der Waals surface area contributed by atoms with E-state index in [2.05, 4.69) is 13.8 Å². The topological polar surface area (TPSA) is 52.6 Å². The molecule has 0 saturated heterocycles. The Bertz CT molecular complexity index is 435. The molecule has 0 aromatic rings. The van der Waals surface area contributed by atoms with Gasteiger partial charge in [-0.05, 0) is 19.8 Å². The minimum absolute atomic E-state index is 0.167. The standard InChI is InChI=1S/C29H56O4/c1-4-6-8-10-12-14-15-16-17-19-20-22-24-28(30)32-26-27(3)33-29(31)25-23-21-18-13-11-9-7-5-2/h27H,4-26H2,1-3H3/t27-/m0/s1. The van der Waals surface area contributed by atoms with Crippen LogP contribution in [0.15, 0.2) is 0 Å². The summed E-state index contributed by atoms with van der Waals surface area (Å²) in [5.41, 5.74) is 0. The van der Waals surface area contributed by atoms with Crippen molar-refractivity contribution in [1.29, 1.82) is 0 Å². The van der Waals surface area contributed by atoms with Crippen molar-refractivity contribution >= 4 is 11.9 Å². The average molecular weight is 469 g/mol. The number of carbonyl (C=O) groups is 2. The summed E-state index contributed by atoms with van der Waals surface area (Å²) >= 11 is 0. The first kappa shape index (κ1) is 31.9. The molecule has 0 radical (unpaired) electrons. The molecule has 0 spiro atoms. The van der Waals surface area contributed by atoms with Gasteiger partial charge in [0.2, 0.25) is 0 Å². The number of rotatable bonds is 25. The van der Waals surface area contributed by atoms with Crippen molar-refractivity contribution in [2.45, 2.75) is 168 Å². The maximum absolute atomic E-state index is 11.9. The Morgan fingerprint density at radius 1 is 0.515 bits per heavy atom. The van der Waals surface area contributed by atoms with Crippen molar-refractivity contribution in [3.63, 3.8) is 0 Å². The van der Waals surface area contributed by atoms with Gasteiger partial charge in [-0.25, -0.2) is 0 Å². The second-order valence-electron chi connectivity index (χ2n) is 9.85. The van der Waals surface area contributed by atoms with Crippen molar-refractivity contribution in [2.75, 3.05) is 6.61 Å². The van der Waals surface area contributed by atoms with E-state index in [9.17, 15) is 9.59 Å². The molecule has 0 aliphatic rings. The first-order valence-electron chi connectivity index (χ1n) is 14.4. The fraction of sp³-hybridized carbons (Fsp3) is 0.931. The minimum Gasteiger partial charge on any atom is -0.462 e. The summed E-state index contributed by atoms with van der Waals surface area (Å²) in [6, 6.07) is 0. The molecule has 0 heterocycles. The van der Waals surface area contributed by atoms with Gasteiger partial charge >= 0.3 is 11.9 Å². The highest BCUT2D eigenvalue weighted by Gasteiger charge is 2.12. The van der Waals surface area contributed by atoms with Crippen LogP contribution in [-0.2, 0) is 19.1 Å². The van der Waals surface area contributed by atoms with E-state index in [1.54, 1.807) is 6.92 Å². The maximum Gasteiger partial charge on any atom is 0.306 e. The molecule has 0 aromatic carbocycles. The zero-order chi connectivity index (χ0) is 24.4. The van der Waals surface area contributed by atoms with Crippen molar-refractivity contribution in [3.05, 3.63) is 0 Å². The van der Waals surface area contributed by atoms with E-state index in [4.69, 9.17) is 9.47 Å². The van der Waals surface area contributed by atoms with Crippen molar-refractivity contribution < 1.29 is 19.1 Å². The molecule has 1 atom stereocenters. The normalized spacial score (nSPS) is 12.0. The molecule has 0 aliphatic carbocycles. The van der Waals surface area contributed by atoms with Crippen LogP contribution in [0.2, 0.25) is 0 Å². The molecule has 0 unspecified atom stereocenters. The Morgan fingerprint density at radius 3 is 1.24 bits per heavy atom. The molecule has 0 N–H and O–H groups in total. The highest BCUT2D eigenvalue weighted by atomic mass is 16.6. The predicted molar refractivity (Wildman–Crippen MR) is 139 cm³/mol. The fourth-order valence-electron chi connectivity index (χ4n) is 4.11. The third-order valence-electron chi connectivity index (χ3n) is 6.28. The molecule has 0 aliphatic heterocycles. The van der Waals surface area contributed by atoms with Crippen LogP contribution in [0, 0.1) is 0 Å². The second kappa shape index (κ2) is 25.6. The first-order valence-corrected chi connectivity index (χ1v) is 14.4. The summed E-state index contributed by atoms with van der Waals surface area (Å²) in [6.45, 7) is 6.45. The molecule has 0 fully saturated rings. The highest BCUT2D eigenvalue weighted by molar-refractivity contribution is 5.70. The van der Waals surface area contributed by atoms with Crippen molar-refractivity contribution in [1.82, 2.24) is 0 Å². The van der Waals surface area contributed by atoms with Gasteiger partial charge in [0.05, 0.1) is 0 Å². The van der Waals surface area contributed by atoms with E-state index in [1.165, 1.54) is 103 Å². The first-order chi connectivity index (χ1) is 16.1. The van der Waals surface area contributed by atoms with E-state index < -0.39 is 0 Å². The number of hydrogen-bond donors (Lipinski definition) is 0. The van der Waals surface area contributed by atoms with E-state index in [1.807, 2.05) is 0 Å². The molecule has 0 bridgehead atoms. The van der Waals surface area contributed by atoms with Gasteiger partial charge in [0.1, 0.15) is 12.7 Å². The molecule has 33 heavy (non-hydrogen) atoms. The Hall–Kier alpha value is -1.06. The maximum atomic E-state index is 11.9. The number of hydrogen-bond acceptors (Lipinski definition) is 4. The lowest BCUT2D eigenvalue weighted by molar-refractivity contribution is -0.158. The van der Waals surface area contributed by atoms with Crippen LogP contribution < -0.4 is 0 Å². The van der Waals surface area contributed by atoms with Crippen LogP contribution in [0.4, 0.5) is 0 Å². The van der Waals surface area contributed by atoms with E-state index in [-0.39, 0.29) is 24.6 Å². The molecule has 0 aromatic heterocycles. The lowest BCUT2D eigenvalue weighted by Crippen LogP contribution is -2.22.